The highest BCUT2D eigenvalue weighted by Gasteiger charge is 2.16. The van der Waals surface area contributed by atoms with Crippen molar-refractivity contribution >= 4 is 34.0 Å². The van der Waals surface area contributed by atoms with Crippen LogP contribution < -0.4 is 4.90 Å². The van der Waals surface area contributed by atoms with E-state index in [2.05, 4.69) is 23.1 Å². The molecule has 0 bridgehead atoms. The van der Waals surface area contributed by atoms with Crippen LogP contribution in [0.5, 0.6) is 0 Å². The number of ketones is 1. The van der Waals surface area contributed by atoms with E-state index in [1.807, 2.05) is 24.2 Å². The average molecular weight is 258 g/mol. The molecule has 1 atom stereocenters. The molecule has 0 amide bonds. The first-order chi connectivity index (χ1) is 7.60. The Kier molecular flexibility index (Phi) is 5.28. The van der Waals surface area contributed by atoms with E-state index in [0.717, 1.165) is 17.3 Å². The van der Waals surface area contributed by atoms with Gasteiger partial charge in [-0.15, -0.1) is 11.3 Å². The summed E-state index contributed by atoms with van der Waals surface area (Å²) in [5, 5.41) is 2.77. The molecule has 1 unspecified atom stereocenters. The molecule has 1 heterocycles. The minimum atomic E-state index is 0.0359. The van der Waals surface area contributed by atoms with Crippen LogP contribution in [0.25, 0.3) is 0 Å². The zero-order valence-electron chi connectivity index (χ0n) is 10.2. The summed E-state index contributed by atoms with van der Waals surface area (Å²) in [6, 6.07) is 0.487. The third-order valence-corrected chi connectivity index (χ3v) is 4.18. The Hall–Kier alpha value is -0.550. The predicted molar refractivity (Wildman–Crippen MR) is 73.0 cm³/mol. The van der Waals surface area contributed by atoms with Crippen LogP contribution in [0.1, 0.15) is 30.8 Å². The summed E-state index contributed by atoms with van der Waals surface area (Å²) < 4.78 is 0. The van der Waals surface area contributed by atoms with Gasteiger partial charge in [0.05, 0.1) is 0 Å². The van der Waals surface area contributed by atoms with E-state index in [1.54, 1.807) is 18.3 Å². The van der Waals surface area contributed by atoms with E-state index in [-0.39, 0.29) is 5.78 Å². The van der Waals surface area contributed by atoms with E-state index in [0.29, 0.717) is 11.7 Å². The van der Waals surface area contributed by atoms with Crippen LogP contribution >= 0.6 is 23.1 Å². The van der Waals surface area contributed by atoms with Crippen molar-refractivity contribution in [2.24, 2.45) is 0 Å². The lowest BCUT2D eigenvalue weighted by Gasteiger charge is -2.26. The van der Waals surface area contributed by atoms with Crippen molar-refractivity contribution in [3.63, 3.8) is 0 Å². The second-order valence-corrected chi connectivity index (χ2v) is 5.45. The Bertz CT molecular complexity index is 352. The molecule has 0 aliphatic heterocycles. The van der Waals surface area contributed by atoms with Gasteiger partial charge >= 0.3 is 0 Å². The summed E-state index contributed by atoms with van der Waals surface area (Å²) >= 11 is 3.38. The number of thioether (sulfide) groups is 1. The fraction of sp³-hybridized carbons (Fsp3) is 0.636. The molecule has 0 radical (unpaired) electrons. The zero-order chi connectivity index (χ0) is 12.1. The number of nitrogens with zero attached hydrogens (tertiary/aromatic N) is 2. The summed E-state index contributed by atoms with van der Waals surface area (Å²) in [4.78, 5) is 17.7. The summed E-state index contributed by atoms with van der Waals surface area (Å²) in [5.74, 6) is 1.12. The highest BCUT2D eigenvalue weighted by molar-refractivity contribution is 7.98. The Morgan fingerprint density at radius 3 is 2.81 bits per heavy atom. The first-order valence-corrected chi connectivity index (χ1v) is 7.55. The topological polar surface area (TPSA) is 33.2 Å². The summed E-state index contributed by atoms with van der Waals surface area (Å²) in [6.07, 6.45) is 3.20. The number of carbonyl (C=O) groups is 1. The van der Waals surface area contributed by atoms with Crippen LogP contribution in [0.3, 0.4) is 0 Å². The van der Waals surface area contributed by atoms with Crippen molar-refractivity contribution in [1.82, 2.24) is 4.98 Å². The van der Waals surface area contributed by atoms with E-state index in [9.17, 15) is 4.79 Å². The second-order valence-electron chi connectivity index (χ2n) is 3.70. The van der Waals surface area contributed by atoms with Gasteiger partial charge in [0.1, 0.15) is 5.69 Å². The van der Waals surface area contributed by atoms with E-state index < -0.39 is 0 Å². The number of anilines is 1. The van der Waals surface area contributed by atoms with Crippen LogP contribution in [-0.2, 0) is 0 Å². The molecule has 0 N–H and O–H groups in total. The molecule has 0 fully saturated rings. The highest BCUT2D eigenvalue weighted by atomic mass is 32.2. The number of carbonyl (C=O) groups excluding carboxylic acids is 1. The molecule has 0 aliphatic rings. The first-order valence-electron chi connectivity index (χ1n) is 5.28. The standard InChI is InChI=1S/C11H18N2OS2/c1-5-9(6-15-4)13(3)11-12-10(7-16-11)8(2)14/h7,9H,5-6H2,1-4H3. The molecule has 0 aliphatic carbocycles. The van der Waals surface area contributed by atoms with Gasteiger partial charge in [-0.3, -0.25) is 4.79 Å². The fourth-order valence-electron chi connectivity index (χ4n) is 1.44. The molecule has 1 aromatic rings. The number of thiazole rings is 1. The number of hydrogen-bond acceptors (Lipinski definition) is 5. The Morgan fingerprint density at radius 1 is 1.69 bits per heavy atom. The maximum atomic E-state index is 11.2. The van der Waals surface area contributed by atoms with Crippen molar-refractivity contribution in [2.45, 2.75) is 26.3 Å². The number of hydrogen-bond donors (Lipinski definition) is 0. The summed E-state index contributed by atoms with van der Waals surface area (Å²) in [5.41, 5.74) is 0.575. The van der Waals surface area contributed by atoms with E-state index >= 15 is 0 Å². The van der Waals surface area contributed by atoms with Gasteiger partial charge in [-0.1, -0.05) is 6.92 Å². The molecule has 0 aromatic carbocycles. The summed E-state index contributed by atoms with van der Waals surface area (Å²) in [7, 11) is 2.05. The molecular formula is C11H18N2OS2. The minimum absolute atomic E-state index is 0.0359. The van der Waals surface area contributed by atoms with Crippen LogP contribution in [0.15, 0.2) is 5.38 Å². The van der Waals surface area contributed by atoms with Crippen LogP contribution in [0, 0.1) is 0 Å². The summed E-state index contributed by atoms with van der Waals surface area (Å²) in [6.45, 7) is 3.73. The second kappa shape index (κ2) is 6.25. The van der Waals surface area contributed by atoms with Crippen molar-refractivity contribution in [2.75, 3.05) is 24.0 Å². The normalized spacial score (nSPS) is 12.5. The van der Waals surface area contributed by atoms with Gasteiger partial charge in [0.25, 0.3) is 0 Å². The third-order valence-electron chi connectivity index (χ3n) is 2.53. The zero-order valence-corrected chi connectivity index (χ0v) is 11.8. The average Bonchev–Trinajstić information content (AvgIpc) is 2.74. The molecule has 1 rings (SSSR count). The van der Waals surface area contributed by atoms with Crippen molar-refractivity contribution in [3.8, 4) is 0 Å². The molecule has 90 valence electrons. The lowest BCUT2D eigenvalue weighted by Crippen LogP contribution is -2.33. The largest absolute Gasteiger partial charge is 0.347 e. The van der Waals surface area contributed by atoms with Gasteiger partial charge in [-0.2, -0.15) is 11.8 Å². The van der Waals surface area contributed by atoms with Gasteiger partial charge in [-0.05, 0) is 12.7 Å². The number of rotatable bonds is 6. The molecule has 0 spiro atoms. The predicted octanol–water partition coefficient (Wildman–Crippen LogP) is 2.92. The highest BCUT2D eigenvalue weighted by Crippen LogP contribution is 2.23. The first kappa shape index (κ1) is 13.5. The maximum absolute atomic E-state index is 11.2. The molecule has 16 heavy (non-hydrogen) atoms. The van der Waals surface area contributed by atoms with Gasteiger partial charge in [0, 0.05) is 31.1 Å². The Morgan fingerprint density at radius 2 is 2.38 bits per heavy atom. The lowest BCUT2D eigenvalue weighted by molar-refractivity contribution is 0.101. The minimum Gasteiger partial charge on any atom is -0.347 e. The van der Waals surface area contributed by atoms with E-state index in [1.165, 1.54) is 0 Å². The van der Waals surface area contributed by atoms with Crippen LogP contribution in [-0.4, -0.2) is 35.9 Å². The SMILES string of the molecule is CCC(CSC)N(C)c1nc(C(C)=O)cs1. The molecule has 3 nitrogen and oxygen atoms in total. The van der Waals surface area contributed by atoms with Gasteiger partial charge in [-0.25, -0.2) is 4.98 Å². The van der Waals surface area contributed by atoms with Crippen LogP contribution in [0.4, 0.5) is 5.13 Å². The number of aromatic nitrogens is 1. The molecule has 5 heteroatoms. The lowest BCUT2D eigenvalue weighted by atomic mass is 10.2. The number of Topliss-reactive ketones (excluding diaryl/α,β-unsaturated/α-hetero) is 1. The Balaban J connectivity index is 2.77. The maximum Gasteiger partial charge on any atom is 0.185 e. The smallest absolute Gasteiger partial charge is 0.185 e. The molecule has 0 saturated carbocycles. The van der Waals surface area contributed by atoms with Crippen molar-refractivity contribution in [3.05, 3.63) is 11.1 Å². The van der Waals surface area contributed by atoms with E-state index in [4.69, 9.17) is 0 Å². The molecule has 1 aromatic heterocycles. The quantitative estimate of drug-likeness (QED) is 0.735. The van der Waals surface area contributed by atoms with Gasteiger partial charge in [0.2, 0.25) is 0 Å². The van der Waals surface area contributed by atoms with Gasteiger partial charge in [0.15, 0.2) is 10.9 Å². The van der Waals surface area contributed by atoms with Crippen molar-refractivity contribution in [1.29, 1.82) is 0 Å². The monoisotopic (exact) mass is 258 g/mol. The van der Waals surface area contributed by atoms with Crippen LogP contribution in [0.2, 0.25) is 0 Å². The Labute approximate surface area is 105 Å². The molecule has 0 saturated heterocycles. The molecular weight excluding hydrogens is 240 g/mol. The fourth-order valence-corrected chi connectivity index (χ4v) is 3.19. The van der Waals surface area contributed by atoms with Crippen molar-refractivity contribution < 1.29 is 4.79 Å². The van der Waals surface area contributed by atoms with Gasteiger partial charge < -0.3 is 4.90 Å². The third kappa shape index (κ3) is 3.22.